The molecule has 1 aromatic carbocycles. The number of aryl methyl sites for hydroxylation is 1. The number of fused-ring (bicyclic) bond motifs is 1. The summed E-state index contributed by atoms with van der Waals surface area (Å²) < 4.78 is 32.4. The predicted octanol–water partition coefficient (Wildman–Crippen LogP) is 5.07. The first-order valence-electron chi connectivity index (χ1n) is 7.61. The van der Waals surface area contributed by atoms with Crippen molar-refractivity contribution in [1.82, 2.24) is 4.98 Å². The quantitative estimate of drug-likeness (QED) is 0.285. The second-order valence-corrected chi connectivity index (χ2v) is 5.94. The van der Waals surface area contributed by atoms with Gasteiger partial charge in [0.25, 0.3) is 0 Å². The van der Waals surface area contributed by atoms with Gasteiger partial charge in [-0.1, -0.05) is 18.7 Å². The summed E-state index contributed by atoms with van der Waals surface area (Å²) in [5, 5.41) is 9.06. The lowest BCUT2D eigenvalue weighted by molar-refractivity contribution is 0.239. The molecule has 0 aliphatic heterocycles. The molecular weight excluding hydrogens is 376 g/mol. The Hall–Kier alpha value is -2.67. The zero-order valence-corrected chi connectivity index (χ0v) is 16.2. The summed E-state index contributed by atoms with van der Waals surface area (Å²) in [7, 11) is -4.70. The number of phenols is 1. The van der Waals surface area contributed by atoms with Crippen molar-refractivity contribution < 1.29 is 32.8 Å². The Morgan fingerprint density at radius 1 is 1.33 bits per heavy atom. The number of aromatic nitrogens is 1. The maximum Gasteiger partial charge on any atom is 0.524 e. The summed E-state index contributed by atoms with van der Waals surface area (Å²) in [6.45, 7) is 11.6. The van der Waals surface area contributed by atoms with E-state index in [1.165, 1.54) is 6.92 Å². The number of benzene rings is 1. The van der Waals surface area contributed by atoms with Gasteiger partial charge in [0.05, 0.1) is 0 Å². The molecule has 0 fully saturated rings. The second kappa shape index (κ2) is 11.9. The fourth-order valence-electron chi connectivity index (χ4n) is 1.58. The smallest absolute Gasteiger partial charge is 0.508 e. The van der Waals surface area contributed by atoms with E-state index < -0.39 is 19.4 Å². The largest absolute Gasteiger partial charge is 0.524 e. The number of halogens is 1. The van der Waals surface area contributed by atoms with E-state index in [2.05, 4.69) is 22.7 Å². The fourth-order valence-corrected chi connectivity index (χ4v) is 2.03. The zero-order chi connectivity index (χ0) is 21.0. The molecule has 0 bridgehead atoms. The molecule has 0 aliphatic rings. The monoisotopic (exact) mass is 399 g/mol. The van der Waals surface area contributed by atoms with Crippen LogP contribution in [0.5, 0.6) is 5.75 Å². The van der Waals surface area contributed by atoms with Gasteiger partial charge >= 0.3 is 7.82 Å². The molecule has 0 saturated carbocycles. The lowest BCUT2D eigenvalue weighted by atomic mass is 10.3. The second-order valence-electron chi connectivity index (χ2n) is 4.78. The van der Waals surface area contributed by atoms with Gasteiger partial charge in [-0.05, 0) is 38.1 Å². The molecule has 27 heavy (non-hydrogen) atoms. The van der Waals surface area contributed by atoms with Gasteiger partial charge in [0, 0.05) is 13.0 Å². The average Bonchev–Trinajstić information content (AvgIpc) is 2.92. The van der Waals surface area contributed by atoms with Crippen molar-refractivity contribution in [2.75, 3.05) is 0 Å². The highest BCUT2D eigenvalue weighted by atomic mass is 31.2. The molecule has 0 radical (unpaired) electrons. The molecule has 2 rings (SSSR count). The number of oxazole rings is 1. The van der Waals surface area contributed by atoms with Gasteiger partial charge in [-0.2, -0.15) is 0 Å². The van der Waals surface area contributed by atoms with E-state index in [-0.39, 0.29) is 5.75 Å². The maximum absolute atomic E-state index is 12.9. The maximum atomic E-state index is 12.9. The number of allylic oxidation sites excluding steroid dienone is 5. The number of nitrogens with zero attached hydrogens (tertiary/aromatic N) is 1. The van der Waals surface area contributed by atoms with Gasteiger partial charge in [-0.15, -0.1) is 6.58 Å². The molecule has 9 heteroatoms. The van der Waals surface area contributed by atoms with Gasteiger partial charge in [-0.25, -0.2) is 13.9 Å². The topological polar surface area (TPSA) is 113 Å². The Bertz CT molecular complexity index is 866. The predicted molar refractivity (Wildman–Crippen MR) is 103 cm³/mol. The average molecular weight is 399 g/mol. The lowest BCUT2D eigenvalue weighted by Gasteiger charge is -2.07. The van der Waals surface area contributed by atoms with E-state index in [1.54, 1.807) is 31.2 Å². The highest BCUT2D eigenvalue weighted by Crippen LogP contribution is 2.40. The molecule has 1 aromatic heterocycles. The summed E-state index contributed by atoms with van der Waals surface area (Å²) in [6.07, 6.45) is 4.93. The molecule has 0 saturated heterocycles. The number of phosphoric ester groups is 1. The van der Waals surface area contributed by atoms with Crippen LogP contribution in [0.4, 0.5) is 4.39 Å². The summed E-state index contributed by atoms with van der Waals surface area (Å²) in [6, 6.07) is 4.85. The Kier molecular flexibility index (Phi) is 10.7. The Labute approximate surface area is 157 Å². The van der Waals surface area contributed by atoms with Crippen molar-refractivity contribution in [1.29, 1.82) is 0 Å². The number of aromatic hydroxyl groups is 1. The molecule has 148 valence electrons. The van der Waals surface area contributed by atoms with Crippen molar-refractivity contribution in [2.24, 2.45) is 0 Å². The molecule has 0 aliphatic carbocycles. The van der Waals surface area contributed by atoms with Crippen LogP contribution in [0, 0.1) is 6.92 Å². The summed E-state index contributed by atoms with van der Waals surface area (Å²) >= 11 is 0. The minimum atomic E-state index is -4.70. The number of hydrogen-bond acceptors (Lipinski definition) is 5. The molecule has 0 unspecified atom stereocenters. The van der Waals surface area contributed by atoms with E-state index in [1.807, 2.05) is 6.92 Å². The van der Waals surface area contributed by atoms with E-state index >= 15 is 0 Å². The molecule has 0 atom stereocenters. The lowest BCUT2D eigenvalue weighted by Crippen LogP contribution is -1.90. The minimum absolute atomic E-state index is 0.214. The van der Waals surface area contributed by atoms with Crippen LogP contribution in [0.1, 0.15) is 19.7 Å². The van der Waals surface area contributed by atoms with Crippen LogP contribution in [0.15, 0.2) is 71.7 Å². The number of phosphoric acid groups is 1. The van der Waals surface area contributed by atoms with Crippen molar-refractivity contribution in [2.45, 2.75) is 20.8 Å². The molecular formula is C18H23FNO6P. The van der Waals surface area contributed by atoms with Crippen LogP contribution in [-0.4, -0.2) is 19.9 Å². The van der Waals surface area contributed by atoms with E-state index in [0.717, 1.165) is 18.2 Å². The molecule has 2 aromatic rings. The van der Waals surface area contributed by atoms with Crippen LogP contribution in [0.2, 0.25) is 0 Å². The zero-order valence-electron chi connectivity index (χ0n) is 15.3. The Morgan fingerprint density at radius 3 is 2.41 bits per heavy atom. The number of phenolic OH excluding ortho intramolecular Hbond substituents is 1. The standard InChI is InChI=1S/C8H7NO2.C7H10FO4P.C3H6/c1-5-9-7-4-6(10)2-3-8(7)11-5;1-3-5-6(8)7(4-2)12-13(9,10)11;1-3-2/h2-4,10H,1H3;3-5H,1H2,2H3,(H2,9,10,11);3H,1H2,2H3/b;6-5+,7-4+;. The van der Waals surface area contributed by atoms with Crippen LogP contribution in [0.25, 0.3) is 11.1 Å². The van der Waals surface area contributed by atoms with E-state index in [9.17, 15) is 8.96 Å². The van der Waals surface area contributed by atoms with Gasteiger partial charge in [0.15, 0.2) is 23.1 Å². The van der Waals surface area contributed by atoms with Crippen LogP contribution in [-0.2, 0) is 9.09 Å². The summed E-state index contributed by atoms with van der Waals surface area (Å²) in [5.74, 6) is -0.564. The normalized spacial score (nSPS) is 11.6. The summed E-state index contributed by atoms with van der Waals surface area (Å²) in [5.41, 5.74) is 1.41. The van der Waals surface area contributed by atoms with E-state index in [4.69, 9.17) is 19.3 Å². The highest BCUT2D eigenvalue weighted by molar-refractivity contribution is 7.46. The van der Waals surface area contributed by atoms with E-state index in [0.29, 0.717) is 17.0 Å². The number of rotatable bonds is 4. The fraction of sp³-hybridized carbons (Fsp3) is 0.167. The van der Waals surface area contributed by atoms with Crippen LogP contribution < -0.4 is 0 Å². The summed E-state index contributed by atoms with van der Waals surface area (Å²) in [4.78, 5) is 20.8. The molecule has 0 spiro atoms. The minimum Gasteiger partial charge on any atom is -0.508 e. The van der Waals surface area contributed by atoms with Gasteiger partial charge in [0.2, 0.25) is 0 Å². The Morgan fingerprint density at radius 2 is 1.93 bits per heavy atom. The van der Waals surface area contributed by atoms with Crippen LogP contribution >= 0.6 is 7.82 Å². The molecule has 0 amide bonds. The molecule has 7 nitrogen and oxygen atoms in total. The highest BCUT2D eigenvalue weighted by Gasteiger charge is 2.19. The van der Waals surface area contributed by atoms with Crippen molar-refractivity contribution in [3.8, 4) is 5.75 Å². The first-order valence-corrected chi connectivity index (χ1v) is 9.14. The van der Waals surface area contributed by atoms with Crippen molar-refractivity contribution in [3.63, 3.8) is 0 Å². The first kappa shape index (κ1) is 24.3. The number of hydrogen-bond donors (Lipinski definition) is 3. The van der Waals surface area contributed by atoms with Gasteiger partial charge in [0.1, 0.15) is 11.3 Å². The molecule has 3 N–H and O–H groups in total. The van der Waals surface area contributed by atoms with Gasteiger partial charge < -0.3 is 14.0 Å². The van der Waals surface area contributed by atoms with Crippen LogP contribution in [0.3, 0.4) is 0 Å². The Balaban J connectivity index is 0.000000440. The third-order valence-electron chi connectivity index (χ3n) is 2.46. The SMILES string of the molecule is C=C/C=C(F)\C(=C/C)OP(=O)(O)O.C=CC.Cc1nc2cc(O)ccc2o1. The third-order valence-corrected chi connectivity index (χ3v) is 2.89. The molecule has 1 heterocycles. The first-order chi connectivity index (χ1) is 12.6. The van der Waals surface area contributed by atoms with Crippen molar-refractivity contribution in [3.05, 3.63) is 73.1 Å². The van der Waals surface area contributed by atoms with Crippen molar-refractivity contribution >= 4 is 18.9 Å². The van der Waals surface area contributed by atoms with Gasteiger partial charge in [-0.3, -0.25) is 9.79 Å². The third kappa shape index (κ3) is 10.2.